The van der Waals surface area contributed by atoms with E-state index >= 15 is 0 Å². The molecule has 0 heterocycles. The van der Waals surface area contributed by atoms with Gasteiger partial charge in [-0.2, -0.15) is 0 Å². The molecule has 0 aromatic rings. The Hall–Kier alpha value is -0.530. The third-order valence-corrected chi connectivity index (χ3v) is 4.71. The molecule has 2 N–H and O–H groups in total. The number of aliphatic imine (C=N–C) groups is 1. The quantitative estimate of drug-likeness (QED) is 0.561. The van der Waals surface area contributed by atoms with Crippen molar-refractivity contribution in [3.63, 3.8) is 0 Å². The van der Waals surface area contributed by atoms with Crippen molar-refractivity contribution in [1.82, 2.24) is 0 Å². The SMILES string of the molecule is NC(=NCC(C1CC1)C1CC1)C1CCCC1. The highest BCUT2D eigenvalue weighted by Crippen LogP contribution is 2.49. The summed E-state index contributed by atoms with van der Waals surface area (Å²) in [6, 6.07) is 0. The molecular weight excluding hydrogens is 196 g/mol. The zero-order chi connectivity index (χ0) is 11.0. The average Bonchev–Trinajstić information content (AvgIpc) is 3.21. The molecule has 0 unspecified atom stereocenters. The highest BCUT2D eigenvalue weighted by Gasteiger charge is 2.41. The fraction of sp³-hybridized carbons (Fsp3) is 0.929. The van der Waals surface area contributed by atoms with Crippen molar-refractivity contribution in [2.45, 2.75) is 51.4 Å². The van der Waals surface area contributed by atoms with E-state index in [1.54, 1.807) is 0 Å². The number of hydrogen-bond donors (Lipinski definition) is 1. The van der Waals surface area contributed by atoms with Crippen molar-refractivity contribution in [2.75, 3.05) is 6.54 Å². The number of amidine groups is 1. The van der Waals surface area contributed by atoms with E-state index in [1.807, 2.05) is 0 Å². The topological polar surface area (TPSA) is 38.4 Å². The van der Waals surface area contributed by atoms with E-state index in [-0.39, 0.29) is 0 Å². The van der Waals surface area contributed by atoms with E-state index in [4.69, 9.17) is 10.7 Å². The van der Waals surface area contributed by atoms with Crippen LogP contribution in [0, 0.1) is 23.7 Å². The van der Waals surface area contributed by atoms with Crippen LogP contribution in [0.15, 0.2) is 4.99 Å². The lowest BCUT2D eigenvalue weighted by Crippen LogP contribution is -2.23. The molecule has 3 aliphatic carbocycles. The van der Waals surface area contributed by atoms with Crippen LogP contribution in [0.2, 0.25) is 0 Å². The van der Waals surface area contributed by atoms with E-state index in [0.29, 0.717) is 5.92 Å². The predicted octanol–water partition coefficient (Wildman–Crippen LogP) is 2.97. The molecule has 0 bridgehead atoms. The molecule has 0 aromatic heterocycles. The zero-order valence-electron chi connectivity index (χ0n) is 10.2. The van der Waals surface area contributed by atoms with E-state index in [1.165, 1.54) is 51.4 Å². The van der Waals surface area contributed by atoms with Gasteiger partial charge >= 0.3 is 0 Å². The van der Waals surface area contributed by atoms with Crippen LogP contribution in [0.4, 0.5) is 0 Å². The highest BCUT2D eigenvalue weighted by molar-refractivity contribution is 5.83. The number of hydrogen-bond acceptors (Lipinski definition) is 1. The first kappa shape index (κ1) is 10.6. The smallest absolute Gasteiger partial charge is 0.0968 e. The summed E-state index contributed by atoms with van der Waals surface area (Å²) in [6.45, 7) is 1.04. The minimum atomic E-state index is 0.624. The van der Waals surface area contributed by atoms with Gasteiger partial charge in [0.15, 0.2) is 0 Å². The van der Waals surface area contributed by atoms with Gasteiger partial charge in [-0.3, -0.25) is 4.99 Å². The van der Waals surface area contributed by atoms with Crippen LogP contribution in [-0.4, -0.2) is 12.4 Å². The van der Waals surface area contributed by atoms with Gasteiger partial charge in [0.2, 0.25) is 0 Å². The Balaban J connectivity index is 1.54. The van der Waals surface area contributed by atoms with Gasteiger partial charge in [-0.25, -0.2) is 0 Å². The van der Waals surface area contributed by atoms with Crippen LogP contribution in [0.5, 0.6) is 0 Å². The first-order valence-corrected chi connectivity index (χ1v) is 7.14. The second-order valence-electron chi connectivity index (χ2n) is 6.09. The zero-order valence-corrected chi connectivity index (χ0v) is 10.2. The van der Waals surface area contributed by atoms with Gasteiger partial charge in [-0.15, -0.1) is 0 Å². The molecule has 2 heteroatoms. The van der Waals surface area contributed by atoms with Crippen LogP contribution in [0.1, 0.15) is 51.4 Å². The third kappa shape index (κ3) is 2.41. The van der Waals surface area contributed by atoms with Gasteiger partial charge in [0.25, 0.3) is 0 Å². The Kier molecular flexibility index (Phi) is 2.91. The third-order valence-electron chi connectivity index (χ3n) is 4.71. The summed E-state index contributed by atoms with van der Waals surface area (Å²) in [6.07, 6.45) is 11.1. The Labute approximate surface area is 98.7 Å². The number of rotatable bonds is 5. The van der Waals surface area contributed by atoms with Crippen molar-refractivity contribution >= 4 is 5.84 Å². The largest absolute Gasteiger partial charge is 0.387 e. The van der Waals surface area contributed by atoms with Crippen LogP contribution in [0.25, 0.3) is 0 Å². The summed E-state index contributed by atoms with van der Waals surface area (Å²) >= 11 is 0. The summed E-state index contributed by atoms with van der Waals surface area (Å²) in [5, 5.41) is 0. The molecule has 90 valence electrons. The molecule has 2 nitrogen and oxygen atoms in total. The molecule has 0 spiro atoms. The lowest BCUT2D eigenvalue weighted by molar-refractivity contribution is 0.417. The van der Waals surface area contributed by atoms with Crippen molar-refractivity contribution < 1.29 is 0 Å². The normalized spacial score (nSPS) is 27.9. The second kappa shape index (κ2) is 4.38. The maximum Gasteiger partial charge on any atom is 0.0968 e. The van der Waals surface area contributed by atoms with Crippen LogP contribution in [0.3, 0.4) is 0 Å². The van der Waals surface area contributed by atoms with Crippen molar-refractivity contribution in [3.05, 3.63) is 0 Å². The van der Waals surface area contributed by atoms with E-state index < -0.39 is 0 Å². The molecule has 0 aliphatic heterocycles. The maximum atomic E-state index is 6.12. The molecule has 3 fully saturated rings. The summed E-state index contributed by atoms with van der Waals surface area (Å²) in [7, 11) is 0. The summed E-state index contributed by atoms with van der Waals surface area (Å²) < 4.78 is 0. The maximum absolute atomic E-state index is 6.12. The molecule has 0 saturated heterocycles. The van der Waals surface area contributed by atoms with Crippen LogP contribution < -0.4 is 5.73 Å². The monoisotopic (exact) mass is 220 g/mol. The molecule has 3 rings (SSSR count). The minimum Gasteiger partial charge on any atom is -0.387 e. The Morgan fingerprint density at radius 3 is 2.06 bits per heavy atom. The van der Waals surface area contributed by atoms with Crippen molar-refractivity contribution in [2.24, 2.45) is 34.4 Å². The van der Waals surface area contributed by atoms with E-state index in [0.717, 1.165) is 30.1 Å². The molecule has 16 heavy (non-hydrogen) atoms. The fourth-order valence-electron chi connectivity index (χ4n) is 3.29. The van der Waals surface area contributed by atoms with Crippen molar-refractivity contribution in [1.29, 1.82) is 0 Å². The molecule has 0 atom stereocenters. The van der Waals surface area contributed by atoms with Gasteiger partial charge in [-0.1, -0.05) is 12.8 Å². The van der Waals surface area contributed by atoms with Gasteiger partial charge in [0.1, 0.15) is 0 Å². The van der Waals surface area contributed by atoms with Crippen LogP contribution in [-0.2, 0) is 0 Å². The fourth-order valence-corrected chi connectivity index (χ4v) is 3.29. The lowest BCUT2D eigenvalue weighted by atomic mass is 9.98. The van der Waals surface area contributed by atoms with Gasteiger partial charge in [0, 0.05) is 12.5 Å². The number of nitrogens with zero attached hydrogens (tertiary/aromatic N) is 1. The minimum absolute atomic E-state index is 0.624. The lowest BCUT2D eigenvalue weighted by Gasteiger charge is -2.14. The molecule has 3 aliphatic rings. The molecule has 3 saturated carbocycles. The van der Waals surface area contributed by atoms with Crippen LogP contribution >= 0.6 is 0 Å². The summed E-state index contributed by atoms with van der Waals surface area (Å²) in [5.74, 6) is 4.50. The second-order valence-corrected chi connectivity index (χ2v) is 6.09. The summed E-state index contributed by atoms with van der Waals surface area (Å²) in [4.78, 5) is 4.72. The molecule has 0 amide bonds. The summed E-state index contributed by atoms with van der Waals surface area (Å²) in [5.41, 5.74) is 6.12. The number of nitrogens with two attached hydrogens (primary N) is 1. The highest BCUT2D eigenvalue weighted by atomic mass is 14.9. The van der Waals surface area contributed by atoms with Gasteiger partial charge < -0.3 is 5.73 Å². The molecule has 0 aromatic carbocycles. The standard InChI is InChI=1S/C14H24N2/c15-14(12-3-1-2-4-12)16-9-13(10-5-6-10)11-7-8-11/h10-13H,1-9H2,(H2,15,16). The first-order chi connectivity index (χ1) is 7.84. The van der Waals surface area contributed by atoms with Crippen molar-refractivity contribution in [3.8, 4) is 0 Å². The average molecular weight is 220 g/mol. The Morgan fingerprint density at radius 2 is 1.56 bits per heavy atom. The Bertz CT molecular complexity index is 258. The predicted molar refractivity (Wildman–Crippen MR) is 67.4 cm³/mol. The van der Waals surface area contributed by atoms with E-state index in [2.05, 4.69) is 0 Å². The van der Waals surface area contributed by atoms with Gasteiger partial charge in [0.05, 0.1) is 5.84 Å². The van der Waals surface area contributed by atoms with Gasteiger partial charge in [-0.05, 0) is 56.3 Å². The first-order valence-electron chi connectivity index (χ1n) is 7.14. The Morgan fingerprint density at radius 1 is 1.00 bits per heavy atom. The molecule has 0 radical (unpaired) electrons. The van der Waals surface area contributed by atoms with E-state index in [9.17, 15) is 0 Å². The molecular formula is C14H24N2.